The van der Waals surface area contributed by atoms with Crippen molar-refractivity contribution in [3.05, 3.63) is 59.7 Å². The summed E-state index contributed by atoms with van der Waals surface area (Å²) in [5.41, 5.74) is 1.47. The highest BCUT2D eigenvalue weighted by atomic mass is 16.5. The number of rotatable bonds is 8. The minimum Gasteiger partial charge on any atom is -0.497 e. The van der Waals surface area contributed by atoms with E-state index in [1.54, 1.807) is 31.4 Å². The molecule has 0 heterocycles. The van der Waals surface area contributed by atoms with Crippen LogP contribution in [0.4, 0.5) is 0 Å². The highest BCUT2D eigenvalue weighted by molar-refractivity contribution is 5.95. The second kappa shape index (κ2) is 8.38. The normalized spacial score (nSPS) is 13.0. The number of benzene rings is 2. The molecule has 1 fully saturated rings. The van der Waals surface area contributed by atoms with Gasteiger partial charge in [0.25, 0.3) is 11.8 Å². The number of nitrogens with one attached hydrogen (secondary N) is 2. The van der Waals surface area contributed by atoms with Crippen molar-refractivity contribution < 1.29 is 19.1 Å². The summed E-state index contributed by atoms with van der Waals surface area (Å²) in [5.74, 6) is 0.889. The first kappa shape index (κ1) is 17.8. The number of carbonyl (C=O) groups excluding carboxylic acids is 2. The van der Waals surface area contributed by atoms with Gasteiger partial charge in [0.1, 0.15) is 11.5 Å². The second-order valence-electron chi connectivity index (χ2n) is 6.19. The quantitative estimate of drug-likeness (QED) is 0.763. The molecule has 0 bridgehead atoms. The summed E-state index contributed by atoms with van der Waals surface area (Å²) in [4.78, 5) is 24.0. The number of hydrogen-bond acceptors (Lipinski definition) is 4. The van der Waals surface area contributed by atoms with Gasteiger partial charge in [0, 0.05) is 18.2 Å². The average Bonchev–Trinajstić information content (AvgIpc) is 3.49. The third-order valence-corrected chi connectivity index (χ3v) is 4.00. The molecule has 2 N–H and O–H groups in total. The minimum absolute atomic E-state index is 0.111. The van der Waals surface area contributed by atoms with Gasteiger partial charge in [-0.05, 0) is 48.7 Å². The second-order valence-corrected chi connectivity index (χ2v) is 6.19. The maximum atomic E-state index is 12.0. The maximum Gasteiger partial charge on any atom is 0.258 e. The van der Waals surface area contributed by atoms with Crippen LogP contribution < -0.4 is 20.1 Å². The van der Waals surface area contributed by atoms with E-state index < -0.39 is 0 Å². The van der Waals surface area contributed by atoms with Gasteiger partial charge in [-0.25, -0.2) is 0 Å². The molecule has 0 radical (unpaired) electrons. The van der Waals surface area contributed by atoms with E-state index in [2.05, 4.69) is 10.6 Å². The first-order valence-corrected chi connectivity index (χ1v) is 8.57. The van der Waals surface area contributed by atoms with Gasteiger partial charge in [-0.2, -0.15) is 0 Å². The Bertz CT molecular complexity index is 787. The van der Waals surface area contributed by atoms with Crippen LogP contribution in [-0.2, 0) is 11.3 Å². The lowest BCUT2D eigenvalue weighted by Gasteiger charge is -2.09. The van der Waals surface area contributed by atoms with Gasteiger partial charge in [-0.1, -0.05) is 18.2 Å². The molecule has 1 aliphatic rings. The molecule has 0 aromatic heterocycles. The fourth-order valence-corrected chi connectivity index (χ4v) is 2.41. The van der Waals surface area contributed by atoms with Crippen molar-refractivity contribution in [3.8, 4) is 11.5 Å². The highest BCUT2D eigenvalue weighted by Gasteiger charge is 2.23. The van der Waals surface area contributed by atoms with Crippen molar-refractivity contribution in [2.24, 2.45) is 0 Å². The number of methoxy groups -OCH3 is 1. The van der Waals surface area contributed by atoms with E-state index in [-0.39, 0.29) is 18.4 Å². The summed E-state index contributed by atoms with van der Waals surface area (Å²) in [7, 11) is 1.60. The van der Waals surface area contributed by atoms with E-state index in [0.717, 1.165) is 24.2 Å². The Morgan fingerprint density at radius 2 is 1.85 bits per heavy atom. The Morgan fingerprint density at radius 1 is 1.08 bits per heavy atom. The molecule has 6 heteroatoms. The Morgan fingerprint density at radius 3 is 2.62 bits per heavy atom. The number of carbonyl (C=O) groups is 2. The van der Waals surface area contributed by atoms with Gasteiger partial charge in [0.15, 0.2) is 6.61 Å². The van der Waals surface area contributed by atoms with E-state index in [9.17, 15) is 9.59 Å². The first-order chi connectivity index (χ1) is 12.6. The molecule has 6 nitrogen and oxygen atoms in total. The monoisotopic (exact) mass is 354 g/mol. The molecule has 3 rings (SSSR count). The van der Waals surface area contributed by atoms with E-state index in [1.165, 1.54) is 0 Å². The summed E-state index contributed by atoms with van der Waals surface area (Å²) >= 11 is 0. The fourth-order valence-electron chi connectivity index (χ4n) is 2.41. The zero-order valence-corrected chi connectivity index (χ0v) is 14.7. The van der Waals surface area contributed by atoms with Crippen molar-refractivity contribution in [2.45, 2.75) is 25.4 Å². The number of ether oxygens (including phenoxy) is 2. The summed E-state index contributed by atoms with van der Waals surface area (Å²) in [6, 6.07) is 14.6. The molecule has 2 amide bonds. The fraction of sp³-hybridized carbons (Fsp3) is 0.300. The van der Waals surface area contributed by atoms with Crippen molar-refractivity contribution in [1.82, 2.24) is 10.6 Å². The molecule has 26 heavy (non-hydrogen) atoms. The van der Waals surface area contributed by atoms with Gasteiger partial charge in [-0.15, -0.1) is 0 Å². The molecule has 136 valence electrons. The third-order valence-electron chi connectivity index (χ3n) is 4.00. The predicted molar refractivity (Wildman–Crippen MR) is 97.3 cm³/mol. The van der Waals surface area contributed by atoms with Crippen molar-refractivity contribution in [2.75, 3.05) is 13.7 Å². The van der Waals surface area contributed by atoms with E-state index in [4.69, 9.17) is 9.47 Å². The molecular weight excluding hydrogens is 332 g/mol. The zero-order valence-electron chi connectivity index (χ0n) is 14.7. The Balaban J connectivity index is 1.47. The summed E-state index contributed by atoms with van der Waals surface area (Å²) in [6.45, 7) is 0.279. The van der Waals surface area contributed by atoms with Crippen molar-refractivity contribution >= 4 is 11.8 Å². The zero-order chi connectivity index (χ0) is 18.4. The highest BCUT2D eigenvalue weighted by Crippen LogP contribution is 2.20. The standard InChI is InChI=1S/C20H22N2O4/c1-25-17-6-2-4-14(10-17)12-21-19(23)13-26-18-7-3-5-15(11-18)20(24)22-16-8-9-16/h2-7,10-11,16H,8-9,12-13H2,1H3,(H,21,23)(H,22,24). The van der Waals surface area contributed by atoms with Crippen LogP contribution >= 0.6 is 0 Å². The van der Waals surface area contributed by atoms with E-state index in [0.29, 0.717) is 23.9 Å². The number of hydrogen-bond donors (Lipinski definition) is 2. The average molecular weight is 354 g/mol. The molecule has 0 atom stereocenters. The molecule has 0 spiro atoms. The Kier molecular flexibility index (Phi) is 5.73. The van der Waals surface area contributed by atoms with Crippen molar-refractivity contribution in [3.63, 3.8) is 0 Å². The maximum absolute atomic E-state index is 12.0. The lowest BCUT2D eigenvalue weighted by molar-refractivity contribution is -0.123. The topological polar surface area (TPSA) is 76.7 Å². The Hall–Kier alpha value is -3.02. The predicted octanol–water partition coefficient (Wildman–Crippen LogP) is 2.28. The van der Waals surface area contributed by atoms with Crippen molar-refractivity contribution in [1.29, 1.82) is 0 Å². The lowest BCUT2D eigenvalue weighted by Crippen LogP contribution is -2.28. The Labute approximate surface area is 152 Å². The molecule has 1 saturated carbocycles. The van der Waals surface area contributed by atoms with Crippen LogP contribution in [0.25, 0.3) is 0 Å². The summed E-state index contributed by atoms with van der Waals surface area (Å²) in [6.07, 6.45) is 2.07. The van der Waals surface area contributed by atoms with Gasteiger partial charge in [0.05, 0.1) is 7.11 Å². The molecule has 0 aliphatic heterocycles. The van der Waals surface area contributed by atoms with Crippen LogP contribution in [0.3, 0.4) is 0 Å². The molecular formula is C20H22N2O4. The molecule has 2 aromatic carbocycles. The number of amides is 2. The van der Waals surface area contributed by atoms with E-state index in [1.807, 2.05) is 24.3 Å². The molecule has 0 saturated heterocycles. The lowest BCUT2D eigenvalue weighted by atomic mass is 10.2. The summed E-state index contributed by atoms with van der Waals surface area (Å²) < 4.78 is 10.7. The molecule has 1 aliphatic carbocycles. The SMILES string of the molecule is COc1cccc(CNC(=O)COc2cccc(C(=O)NC3CC3)c2)c1. The third kappa shape index (κ3) is 5.24. The van der Waals surface area contributed by atoms with Gasteiger partial charge >= 0.3 is 0 Å². The van der Waals surface area contributed by atoms with Gasteiger partial charge in [0.2, 0.25) is 0 Å². The molecule has 0 unspecified atom stereocenters. The molecule has 2 aromatic rings. The first-order valence-electron chi connectivity index (χ1n) is 8.57. The van der Waals surface area contributed by atoms with Crippen LogP contribution in [-0.4, -0.2) is 31.6 Å². The van der Waals surface area contributed by atoms with Crippen LogP contribution in [0.2, 0.25) is 0 Å². The smallest absolute Gasteiger partial charge is 0.258 e. The largest absolute Gasteiger partial charge is 0.497 e. The van der Waals surface area contributed by atoms with Crippen LogP contribution in [0.1, 0.15) is 28.8 Å². The van der Waals surface area contributed by atoms with Gasteiger partial charge in [-0.3, -0.25) is 9.59 Å². The van der Waals surface area contributed by atoms with Gasteiger partial charge < -0.3 is 20.1 Å². The van der Waals surface area contributed by atoms with Crippen LogP contribution in [0.5, 0.6) is 11.5 Å². The van der Waals surface area contributed by atoms with Crippen LogP contribution in [0, 0.1) is 0 Å². The van der Waals surface area contributed by atoms with E-state index >= 15 is 0 Å². The van der Waals surface area contributed by atoms with Crippen LogP contribution in [0.15, 0.2) is 48.5 Å². The summed E-state index contributed by atoms with van der Waals surface area (Å²) in [5, 5.41) is 5.72. The minimum atomic E-state index is -0.236.